The first-order valence-electron chi connectivity index (χ1n) is 5.65. The van der Waals surface area contributed by atoms with Crippen molar-refractivity contribution in [2.45, 2.75) is 6.42 Å². The highest BCUT2D eigenvalue weighted by Gasteiger charge is 2.14. The van der Waals surface area contributed by atoms with E-state index in [1.807, 2.05) is 6.07 Å². The molecule has 2 heterocycles. The normalized spacial score (nSPS) is 13.9. The third-order valence-electron chi connectivity index (χ3n) is 2.87. The van der Waals surface area contributed by atoms with E-state index in [9.17, 15) is 4.79 Å². The lowest BCUT2D eigenvalue weighted by molar-refractivity contribution is 0.297. The molecule has 1 aliphatic rings. The Labute approximate surface area is 103 Å². The van der Waals surface area contributed by atoms with Crippen LogP contribution in [-0.2, 0) is 0 Å². The number of nitrogens with zero attached hydrogens (tertiary/aromatic N) is 1. The van der Waals surface area contributed by atoms with E-state index in [2.05, 4.69) is 4.98 Å². The lowest BCUT2D eigenvalue weighted by Gasteiger charge is -2.08. The average Bonchev–Trinajstić information content (AvgIpc) is 2.62. The molecular formula is C13H10N2O3. The SMILES string of the molecule is N#Cc1c[nH]c2cc3c(cc2c1=O)OCCCO3. The fourth-order valence-electron chi connectivity index (χ4n) is 1.96. The molecule has 0 saturated heterocycles. The van der Waals surface area contributed by atoms with E-state index >= 15 is 0 Å². The zero-order chi connectivity index (χ0) is 12.5. The molecule has 0 unspecified atom stereocenters. The maximum atomic E-state index is 12.0. The summed E-state index contributed by atoms with van der Waals surface area (Å²) in [7, 11) is 0. The van der Waals surface area contributed by atoms with Crippen LogP contribution in [0.1, 0.15) is 12.0 Å². The number of ether oxygens (including phenoxy) is 2. The molecule has 18 heavy (non-hydrogen) atoms. The van der Waals surface area contributed by atoms with Crippen LogP contribution < -0.4 is 14.9 Å². The molecule has 2 aromatic rings. The van der Waals surface area contributed by atoms with Crippen LogP contribution in [0.15, 0.2) is 23.1 Å². The Morgan fingerprint density at radius 3 is 2.67 bits per heavy atom. The Hall–Kier alpha value is -2.48. The third-order valence-corrected chi connectivity index (χ3v) is 2.87. The van der Waals surface area contributed by atoms with Crippen LogP contribution in [0.3, 0.4) is 0 Å². The lowest BCUT2D eigenvalue weighted by Crippen LogP contribution is -2.07. The van der Waals surface area contributed by atoms with Gasteiger partial charge >= 0.3 is 0 Å². The van der Waals surface area contributed by atoms with Gasteiger partial charge in [-0.2, -0.15) is 5.26 Å². The van der Waals surface area contributed by atoms with Crippen LogP contribution in [0.2, 0.25) is 0 Å². The minimum atomic E-state index is -0.290. The molecule has 5 heteroatoms. The molecule has 0 spiro atoms. The number of aromatic nitrogens is 1. The highest BCUT2D eigenvalue weighted by atomic mass is 16.5. The van der Waals surface area contributed by atoms with E-state index in [4.69, 9.17) is 14.7 Å². The molecule has 3 rings (SSSR count). The molecule has 0 amide bonds. The van der Waals surface area contributed by atoms with Gasteiger partial charge in [-0.05, 0) is 6.07 Å². The number of hydrogen-bond acceptors (Lipinski definition) is 4. The van der Waals surface area contributed by atoms with Crippen LogP contribution in [0.4, 0.5) is 0 Å². The largest absolute Gasteiger partial charge is 0.490 e. The summed E-state index contributed by atoms with van der Waals surface area (Å²) in [4.78, 5) is 14.9. The van der Waals surface area contributed by atoms with Gasteiger partial charge in [-0.3, -0.25) is 4.79 Å². The van der Waals surface area contributed by atoms with Crippen LogP contribution >= 0.6 is 0 Å². The summed E-state index contributed by atoms with van der Waals surface area (Å²) in [5.74, 6) is 1.18. The average molecular weight is 242 g/mol. The predicted molar refractivity (Wildman–Crippen MR) is 64.9 cm³/mol. The lowest BCUT2D eigenvalue weighted by atomic mass is 10.1. The van der Waals surface area contributed by atoms with Gasteiger partial charge in [0.05, 0.1) is 24.1 Å². The summed E-state index contributed by atoms with van der Waals surface area (Å²) >= 11 is 0. The van der Waals surface area contributed by atoms with Gasteiger partial charge in [-0.25, -0.2) is 0 Å². The van der Waals surface area contributed by atoms with Crippen LogP contribution in [0.25, 0.3) is 10.9 Å². The standard InChI is InChI=1S/C13H10N2O3/c14-6-8-7-15-10-5-12-11(4-9(10)13(8)16)17-2-1-3-18-12/h4-5,7H,1-3H2,(H,15,16). The number of benzene rings is 1. The Bertz CT molecular complexity index is 712. The fraction of sp³-hybridized carbons (Fsp3) is 0.231. The van der Waals surface area contributed by atoms with E-state index in [0.717, 1.165) is 6.42 Å². The number of rotatable bonds is 0. The molecule has 0 saturated carbocycles. The van der Waals surface area contributed by atoms with E-state index in [1.165, 1.54) is 6.20 Å². The molecule has 1 aliphatic heterocycles. The quantitative estimate of drug-likeness (QED) is 0.760. The Kier molecular flexibility index (Phi) is 2.41. The minimum Gasteiger partial charge on any atom is -0.490 e. The Morgan fingerprint density at radius 2 is 1.94 bits per heavy atom. The molecule has 0 radical (unpaired) electrons. The van der Waals surface area contributed by atoms with E-state index in [0.29, 0.717) is 35.6 Å². The summed E-state index contributed by atoms with van der Waals surface area (Å²) in [5, 5.41) is 9.28. The second kappa shape index (κ2) is 4.08. The first kappa shape index (κ1) is 10.7. The van der Waals surface area contributed by atoms with Crippen LogP contribution in [0.5, 0.6) is 11.5 Å². The summed E-state index contributed by atoms with van der Waals surface area (Å²) in [6.07, 6.45) is 2.22. The van der Waals surface area contributed by atoms with E-state index in [1.54, 1.807) is 12.1 Å². The Morgan fingerprint density at radius 1 is 1.22 bits per heavy atom. The van der Waals surface area contributed by atoms with Crippen molar-refractivity contribution < 1.29 is 9.47 Å². The zero-order valence-corrected chi connectivity index (χ0v) is 9.53. The molecule has 0 aliphatic carbocycles. The first-order valence-corrected chi connectivity index (χ1v) is 5.65. The van der Waals surface area contributed by atoms with Gasteiger partial charge in [0.25, 0.3) is 0 Å². The molecule has 5 nitrogen and oxygen atoms in total. The molecule has 1 aromatic carbocycles. The van der Waals surface area contributed by atoms with Gasteiger partial charge in [0.1, 0.15) is 11.6 Å². The summed E-state index contributed by atoms with van der Waals surface area (Å²) in [6, 6.07) is 5.23. The number of H-pyrrole nitrogens is 1. The Balaban J connectivity index is 2.30. The topological polar surface area (TPSA) is 75.1 Å². The van der Waals surface area contributed by atoms with Gasteiger partial charge in [-0.1, -0.05) is 0 Å². The highest BCUT2D eigenvalue weighted by Crippen LogP contribution is 2.32. The first-order chi connectivity index (χ1) is 8.79. The maximum absolute atomic E-state index is 12.0. The monoisotopic (exact) mass is 242 g/mol. The highest BCUT2D eigenvalue weighted by molar-refractivity contribution is 5.83. The smallest absolute Gasteiger partial charge is 0.207 e. The third kappa shape index (κ3) is 1.59. The van der Waals surface area contributed by atoms with Gasteiger partial charge in [0.15, 0.2) is 11.5 Å². The summed E-state index contributed by atoms with van der Waals surface area (Å²) in [5.41, 5.74) is 0.446. The van der Waals surface area contributed by atoms with Gasteiger partial charge in [0, 0.05) is 18.7 Å². The molecule has 0 bridgehead atoms. The number of nitrogens with one attached hydrogen (secondary N) is 1. The van der Waals surface area contributed by atoms with Crippen molar-refractivity contribution >= 4 is 10.9 Å². The number of nitriles is 1. The second-order valence-corrected chi connectivity index (χ2v) is 4.04. The van der Waals surface area contributed by atoms with Crippen LogP contribution in [-0.4, -0.2) is 18.2 Å². The van der Waals surface area contributed by atoms with Crippen molar-refractivity contribution in [3.63, 3.8) is 0 Å². The van der Waals surface area contributed by atoms with E-state index in [-0.39, 0.29) is 11.0 Å². The zero-order valence-electron chi connectivity index (χ0n) is 9.53. The molecule has 1 aromatic heterocycles. The molecule has 0 atom stereocenters. The molecular weight excluding hydrogens is 232 g/mol. The van der Waals surface area contributed by atoms with Crippen molar-refractivity contribution in [1.29, 1.82) is 5.26 Å². The predicted octanol–water partition coefficient (Wildman–Crippen LogP) is 1.56. The van der Waals surface area contributed by atoms with E-state index < -0.39 is 0 Å². The number of hydrogen-bond donors (Lipinski definition) is 1. The van der Waals surface area contributed by atoms with Crippen LogP contribution in [0, 0.1) is 11.3 Å². The molecule has 0 fully saturated rings. The number of pyridine rings is 1. The van der Waals surface area contributed by atoms with Gasteiger partial charge in [-0.15, -0.1) is 0 Å². The van der Waals surface area contributed by atoms with Crippen molar-refractivity contribution in [2.75, 3.05) is 13.2 Å². The fourth-order valence-corrected chi connectivity index (χ4v) is 1.96. The van der Waals surface area contributed by atoms with Crippen molar-refractivity contribution in [3.05, 3.63) is 34.1 Å². The number of aromatic amines is 1. The van der Waals surface area contributed by atoms with Crippen molar-refractivity contribution in [1.82, 2.24) is 4.98 Å². The van der Waals surface area contributed by atoms with Crippen molar-refractivity contribution in [2.24, 2.45) is 0 Å². The minimum absolute atomic E-state index is 0.0944. The number of fused-ring (bicyclic) bond motifs is 2. The van der Waals surface area contributed by atoms with Gasteiger partial charge < -0.3 is 14.5 Å². The summed E-state index contributed by atoms with van der Waals surface area (Å²) in [6.45, 7) is 1.16. The molecule has 1 N–H and O–H groups in total. The molecule has 90 valence electrons. The summed E-state index contributed by atoms with van der Waals surface area (Å²) < 4.78 is 11.1. The van der Waals surface area contributed by atoms with Gasteiger partial charge in [0.2, 0.25) is 5.43 Å². The van der Waals surface area contributed by atoms with Crippen molar-refractivity contribution in [3.8, 4) is 17.6 Å². The second-order valence-electron chi connectivity index (χ2n) is 4.04. The maximum Gasteiger partial charge on any atom is 0.207 e.